The molecule has 0 saturated carbocycles. The van der Waals surface area contributed by atoms with Crippen molar-refractivity contribution in [1.29, 1.82) is 0 Å². The minimum absolute atomic E-state index is 0.00338. The van der Waals surface area contributed by atoms with Crippen LogP contribution in [0.5, 0.6) is 0 Å². The Hall–Kier alpha value is -3.05. The number of fused-ring (bicyclic) bond motifs is 2. The highest BCUT2D eigenvalue weighted by atomic mass is 32.2. The van der Waals surface area contributed by atoms with Crippen LogP contribution >= 0.6 is 11.5 Å². The maximum absolute atomic E-state index is 15.0. The molecule has 0 saturated heterocycles. The van der Waals surface area contributed by atoms with Crippen molar-refractivity contribution >= 4 is 37.8 Å². The summed E-state index contributed by atoms with van der Waals surface area (Å²) >= 11 is 0.821. The molecule has 0 amide bonds. The Labute approximate surface area is 186 Å². The van der Waals surface area contributed by atoms with Gasteiger partial charge < -0.3 is 4.42 Å². The van der Waals surface area contributed by atoms with Crippen LogP contribution in [0.15, 0.2) is 56.8 Å². The molecule has 166 valence electrons. The molecule has 0 radical (unpaired) electrons. The lowest BCUT2D eigenvalue weighted by Crippen LogP contribution is -2.32. The lowest BCUT2D eigenvalue weighted by atomic mass is 9.71. The Kier molecular flexibility index (Phi) is 4.71. The molecule has 0 fully saturated rings. The zero-order valence-electron chi connectivity index (χ0n) is 17.2. The van der Waals surface area contributed by atoms with Crippen molar-refractivity contribution in [2.45, 2.75) is 43.0 Å². The molecular formula is C21H19FN4O4S2. The smallest absolute Gasteiger partial charge is 0.408 e. The number of rotatable bonds is 4. The normalized spacial score (nSPS) is 17.9. The number of aromatic nitrogens is 3. The molecule has 1 aliphatic rings. The lowest BCUT2D eigenvalue weighted by Gasteiger charge is -2.37. The summed E-state index contributed by atoms with van der Waals surface area (Å²) in [5.41, 5.74) is 2.25. The number of hydrogen-bond acceptors (Lipinski definition) is 7. The van der Waals surface area contributed by atoms with Gasteiger partial charge in [0, 0.05) is 23.7 Å². The topological polar surface area (TPSA) is 107 Å². The maximum atomic E-state index is 15.0. The van der Waals surface area contributed by atoms with Gasteiger partial charge in [-0.3, -0.25) is 9.29 Å². The summed E-state index contributed by atoms with van der Waals surface area (Å²) in [5, 5.41) is 0.00458. The second kappa shape index (κ2) is 7.24. The van der Waals surface area contributed by atoms with Crippen LogP contribution in [0.1, 0.15) is 43.9 Å². The zero-order chi connectivity index (χ0) is 22.7. The molecule has 1 unspecified atom stereocenters. The molecule has 0 bridgehead atoms. The van der Waals surface area contributed by atoms with Crippen LogP contribution in [-0.4, -0.2) is 22.3 Å². The van der Waals surface area contributed by atoms with Gasteiger partial charge in [-0.05, 0) is 29.4 Å². The Morgan fingerprint density at radius 2 is 2.06 bits per heavy atom. The van der Waals surface area contributed by atoms with Gasteiger partial charge in [-0.2, -0.15) is 4.37 Å². The summed E-state index contributed by atoms with van der Waals surface area (Å²) in [7, 11) is -4.29. The summed E-state index contributed by atoms with van der Waals surface area (Å²) in [6.45, 7) is 4.31. The summed E-state index contributed by atoms with van der Waals surface area (Å²) in [5.74, 6) is -1.65. The Morgan fingerprint density at radius 3 is 2.81 bits per heavy atom. The number of sulfonamides is 1. The number of oxazole rings is 1. The highest BCUT2D eigenvalue weighted by Gasteiger charge is 2.35. The molecule has 5 rings (SSSR count). The van der Waals surface area contributed by atoms with Gasteiger partial charge >= 0.3 is 5.76 Å². The Balaban J connectivity index is 1.64. The van der Waals surface area contributed by atoms with Crippen molar-refractivity contribution in [3.8, 4) is 0 Å². The fourth-order valence-corrected chi connectivity index (χ4v) is 6.12. The van der Waals surface area contributed by atoms with Crippen LogP contribution < -0.4 is 10.5 Å². The molecule has 8 nitrogen and oxygen atoms in total. The molecule has 2 aromatic carbocycles. The lowest BCUT2D eigenvalue weighted by molar-refractivity contribution is 0.356. The number of halogens is 1. The van der Waals surface area contributed by atoms with E-state index in [1.54, 1.807) is 0 Å². The summed E-state index contributed by atoms with van der Waals surface area (Å²) in [4.78, 5) is 15.9. The van der Waals surface area contributed by atoms with Gasteiger partial charge in [0.15, 0.2) is 5.58 Å². The second-order valence-corrected chi connectivity index (χ2v) is 10.8. The van der Waals surface area contributed by atoms with Crippen LogP contribution in [0.25, 0.3) is 11.1 Å². The van der Waals surface area contributed by atoms with Crippen molar-refractivity contribution in [1.82, 2.24) is 13.9 Å². The van der Waals surface area contributed by atoms with E-state index < -0.39 is 26.5 Å². The zero-order valence-corrected chi connectivity index (χ0v) is 18.8. The van der Waals surface area contributed by atoms with E-state index in [1.807, 2.05) is 24.3 Å². The van der Waals surface area contributed by atoms with Gasteiger partial charge in [0.1, 0.15) is 17.0 Å². The predicted octanol–water partition coefficient (Wildman–Crippen LogP) is 4.05. The number of nitrogens with one attached hydrogen (secondary N) is 1. The first kappa shape index (κ1) is 20.8. The van der Waals surface area contributed by atoms with Gasteiger partial charge in [-0.25, -0.2) is 22.6 Å². The third kappa shape index (κ3) is 3.32. The Bertz CT molecular complexity index is 1490. The molecule has 1 aliphatic carbocycles. The summed E-state index contributed by atoms with van der Waals surface area (Å²) < 4.78 is 53.0. The first-order chi connectivity index (χ1) is 15.2. The number of hydrogen-bond donors (Lipinski definition) is 1. The predicted molar refractivity (Wildman–Crippen MR) is 118 cm³/mol. The van der Waals surface area contributed by atoms with E-state index in [9.17, 15) is 13.2 Å². The quantitative estimate of drug-likeness (QED) is 0.478. The fraction of sp³-hybridized carbons (Fsp3) is 0.286. The minimum Gasteiger partial charge on any atom is -0.408 e. The van der Waals surface area contributed by atoms with E-state index in [2.05, 4.69) is 27.9 Å². The molecule has 2 aromatic heterocycles. The highest BCUT2D eigenvalue weighted by Crippen LogP contribution is 2.43. The average Bonchev–Trinajstić information content (AvgIpc) is 3.34. The van der Waals surface area contributed by atoms with Crippen LogP contribution in [0.4, 0.5) is 9.52 Å². The van der Waals surface area contributed by atoms with Crippen LogP contribution in [0.2, 0.25) is 0 Å². The van der Waals surface area contributed by atoms with Crippen LogP contribution in [0.3, 0.4) is 0 Å². The van der Waals surface area contributed by atoms with Gasteiger partial charge in [0.25, 0.3) is 10.0 Å². The summed E-state index contributed by atoms with van der Waals surface area (Å²) in [6.07, 6.45) is 2.68. The number of nitrogens with zero attached hydrogens (tertiary/aromatic N) is 3. The van der Waals surface area contributed by atoms with Gasteiger partial charge in [-0.15, -0.1) is 0 Å². The van der Waals surface area contributed by atoms with Crippen molar-refractivity contribution < 1.29 is 17.2 Å². The SMILES string of the molecule is CC1(C)CCC(n2c(=O)oc3cc(S(=O)(=O)Nc4ncns4)c(F)cc32)c2ccccc21. The van der Waals surface area contributed by atoms with Crippen LogP contribution in [0, 0.1) is 5.82 Å². The van der Waals surface area contributed by atoms with E-state index >= 15 is 4.39 Å². The molecule has 32 heavy (non-hydrogen) atoms. The highest BCUT2D eigenvalue weighted by molar-refractivity contribution is 7.93. The standard InChI is InChI=1S/C21H19FN4O4S2/c1-21(2)8-7-15(12-5-3-4-6-13(12)21)26-16-9-14(22)18(10-17(16)30-20(26)27)32(28,29)25-19-23-11-24-31-19/h3-6,9-11,15H,7-8H2,1-2H3,(H,23,24,25). The molecule has 0 aliphatic heterocycles. The Morgan fingerprint density at radius 1 is 1.28 bits per heavy atom. The van der Waals surface area contributed by atoms with Crippen molar-refractivity contribution in [2.24, 2.45) is 0 Å². The molecule has 4 aromatic rings. The summed E-state index contributed by atoms with van der Waals surface area (Å²) in [6, 6.07) is 9.61. The molecule has 11 heteroatoms. The first-order valence-corrected chi connectivity index (χ1v) is 12.2. The van der Waals surface area contributed by atoms with Gasteiger partial charge in [-0.1, -0.05) is 38.1 Å². The molecule has 1 N–H and O–H groups in total. The van der Waals surface area contributed by atoms with E-state index in [0.717, 1.165) is 41.2 Å². The van der Waals surface area contributed by atoms with E-state index in [-0.39, 0.29) is 27.7 Å². The van der Waals surface area contributed by atoms with Crippen LogP contribution in [-0.2, 0) is 15.4 Å². The molecule has 0 spiro atoms. The van der Waals surface area contributed by atoms with E-state index in [0.29, 0.717) is 6.42 Å². The first-order valence-electron chi connectivity index (χ1n) is 9.91. The molecule has 2 heterocycles. The minimum atomic E-state index is -4.29. The average molecular weight is 475 g/mol. The van der Waals surface area contributed by atoms with E-state index in [4.69, 9.17) is 4.42 Å². The molecule has 1 atom stereocenters. The van der Waals surface area contributed by atoms with Gasteiger partial charge in [0.05, 0.1) is 11.6 Å². The third-order valence-electron chi connectivity index (χ3n) is 5.94. The maximum Gasteiger partial charge on any atom is 0.420 e. The van der Waals surface area contributed by atoms with Crippen molar-refractivity contribution in [3.63, 3.8) is 0 Å². The number of benzene rings is 2. The number of anilines is 1. The van der Waals surface area contributed by atoms with E-state index in [1.165, 1.54) is 10.9 Å². The largest absolute Gasteiger partial charge is 0.420 e. The fourth-order valence-electron chi connectivity index (χ4n) is 4.38. The molecular weight excluding hydrogens is 455 g/mol. The van der Waals surface area contributed by atoms with Gasteiger partial charge in [0.2, 0.25) is 5.13 Å². The third-order valence-corrected chi connectivity index (χ3v) is 8.01. The second-order valence-electron chi connectivity index (χ2n) is 8.37. The van der Waals surface area contributed by atoms with Crippen molar-refractivity contribution in [3.05, 3.63) is 70.2 Å². The van der Waals surface area contributed by atoms with Crippen molar-refractivity contribution in [2.75, 3.05) is 4.72 Å². The monoisotopic (exact) mass is 474 g/mol.